The Morgan fingerprint density at radius 2 is 2.21 bits per heavy atom. The van der Waals surface area contributed by atoms with Crippen LogP contribution >= 0.6 is 0 Å². The van der Waals surface area contributed by atoms with Crippen LogP contribution < -0.4 is 5.32 Å². The standard InChI is InChI=1S/C8H9F2N3O/c1-5-2-3-6(13-12-5)8(14)11-4-7(9)10/h2-3,7H,4H2,1H3,(H,11,14). The third kappa shape index (κ3) is 3.04. The van der Waals surface area contributed by atoms with Crippen molar-refractivity contribution < 1.29 is 13.6 Å². The predicted octanol–water partition coefficient (Wildman–Crippen LogP) is 0.780. The van der Waals surface area contributed by atoms with Crippen LogP contribution in [0.3, 0.4) is 0 Å². The average molecular weight is 201 g/mol. The van der Waals surface area contributed by atoms with E-state index in [0.29, 0.717) is 5.69 Å². The van der Waals surface area contributed by atoms with Crippen molar-refractivity contribution in [1.29, 1.82) is 0 Å². The monoisotopic (exact) mass is 201 g/mol. The fourth-order valence-electron chi connectivity index (χ4n) is 0.780. The molecule has 1 aromatic rings. The van der Waals surface area contributed by atoms with Gasteiger partial charge in [-0.1, -0.05) is 0 Å². The lowest BCUT2D eigenvalue weighted by Crippen LogP contribution is -2.29. The van der Waals surface area contributed by atoms with Gasteiger partial charge in [0.15, 0.2) is 5.69 Å². The van der Waals surface area contributed by atoms with Gasteiger partial charge in [-0.05, 0) is 19.1 Å². The molecule has 1 heterocycles. The van der Waals surface area contributed by atoms with Gasteiger partial charge in [-0.15, -0.1) is 5.10 Å². The van der Waals surface area contributed by atoms with Gasteiger partial charge in [0.25, 0.3) is 12.3 Å². The largest absolute Gasteiger partial charge is 0.345 e. The van der Waals surface area contributed by atoms with Gasteiger partial charge >= 0.3 is 0 Å². The van der Waals surface area contributed by atoms with Crippen molar-refractivity contribution in [2.45, 2.75) is 13.3 Å². The highest BCUT2D eigenvalue weighted by molar-refractivity contribution is 5.91. The molecule has 0 saturated carbocycles. The summed E-state index contributed by atoms with van der Waals surface area (Å²) in [6.07, 6.45) is -2.56. The fraction of sp³-hybridized carbons (Fsp3) is 0.375. The number of aromatic nitrogens is 2. The van der Waals surface area contributed by atoms with Crippen molar-refractivity contribution in [2.75, 3.05) is 6.54 Å². The third-order valence-corrected chi connectivity index (χ3v) is 1.45. The highest BCUT2D eigenvalue weighted by Crippen LogP contribution is 1.95. The second-order valence-electron chi connectivity index (χ2n) is 2.66. The lowest BCUT2D eigenvalue weighted by Gasteiger charge is -2.02. The van der Waals surface area contributed by atoms with Crippen molar-refractivity contribution in [2.24, 2.45) is 0 Å². The minimum absolute atomic E-state index is 0.0382. The molecule has 1 amide bonds. The topological polar surface area (TPSA) is 54.9 Å². The smallest absolute Gasteiger partial charge is 0.271 e. The molecule has 1 aromatic heterocycles. The number of nitrogens with zero attached hydrogens (tertiary/aromatic N) is 2. The summed E-state index contributed by atoms with van der Waals surface area (Å²) < 4.78 is 23.4. The minimum Gasteiger partial charge on any atom is -0.345 e. The highest BCUT2D eigenvalue weighted by Gasteiger charge is 2.09. The van der Waals surface area contributed by atoms with E-state index in [-0.39, 0.29) is 5.69 Å². The summed E-state index contributed by atoms with van der Waals surface area (Å²) in [6.45, 7) is 1.04. The van der Waals surface area contributed by atoms with Crippen molar-refractivity contribution in [3.63, 3.8) is 0 Å². The molecule has 0 spiro atoms. The normalized spacial score (nSPS) is 10.3. The van der Waals surface area contributed by atoms with E-state index in [4.69, 9.17) is 0 Å². The van der Waals surface area contributed by atoms with Crippen LogP contribution in [0.15, 0.2) is 12.1 Å². The van der Waals surface area contributed by atoms with E-state index in [0.717, 1.165) is 0 Å². The molecule has 0 unspecified atom stereocenters. The number of carbonyl (C=O) groups excluding carboxylic acids is 1. The van der Waals surface area contributed by atoms with E-state index >= 15 is 0 Å². The molecule has 4 nitrogen and oxygen atoms in total. The zero-order chi connectivity index (χ0) is 10.6. The van der Waals surface area contributed by atoms with E-state index in [2.05, 4.69) is 10.2 Å². The Labute approximate surface area is 79.3 Å². The van der Waals surface area contributed by atoms with Gasteiger partial charge in [0, 0.05) is 0 Å². The molecule has 0 atom stereocenters. The maximum atomic E-state index is 11.7. The molecule has 1 N–H and O–H groups in total. The van der Waals surface area contributed by atoms with Crippen LogP contribution in [0.4, 0.5) is 8.78 Å². The first-order valence-electron chi connectivity index (χ1n) is 3.96. The maximum Gasteiger partial charge on any atom is 0.271 e. The molecule has 0 radical (unpaired) electrons. The summed E-state index contributed by atoms with van der Waals surface area (Å²) >= 11 is 0. The van der Waals surface area contributed by atoms with Crippen LogP contribution in [0.5, 0.6) is 0 Å². The van der Waals surface area contributed by atoms with Crippen molar-refractivity contribution in [3.05, 3.63) is 23.5 Å². The number of rotatable bonds is 3. The molecule has 14 heavy (non-hydrogen) atoms. The number of amides is 1. The van der Waals surface area contributed by atoms with Crippen molar-refractivity contribution in [3.8, 4) is 0 Å². The zero-order valence-corrected chi connectivity index (χ0v) is 7.50. The van der Waals surface area contributed by atoms with E-state index < -0.39 is 18.9 Å². The summed E-state index contributed by atoms with van der Waals surface area (Å²) in [7, 11) is 0. The van der Waals surface area contributed by atoms with Gasteiger partial charge < -0.3 is 5.32 Å². The van der Waals surface area contributed by atoms with Crippen LogP contribution in [0.2, 0.25) is 0 Å². The molecular formula is C8H9F2N3O. The van der Waals surface area contributed by atoms with Gasteiger partial charge in [-0.3, -0.25) is 4.79 Å². The molecule has 0 bridgehead atoms. The average Bonchev–Trinajstić information content (AvgIpc) is 2.15. The first-order valence-corrected chi connectivity index (χ1v) is 3.96. The third-order valence-electron chi connectivity index (χ3n) is 1.45. The molecule has 1 rings (SSSR count). The summed E-state index contributed by atoms with van der Waals surface area (Å²) in [5.74, 6) is -0.641. The summed E-state index contributed by atoms with van der Waals surface area (Å²) in [4.78, 5) is 11.1. The zero-order valence-electron chi connectivity index (χ0n) is 7.50. The predicted molar refractivity (Wildman–Crippen MR) is 45.1 cm³/mol. The van der Waals surface area contributed by atoms with E-state index in [1.807, 2.05) is 5.32 Å². The van der Waals surface area contributed by atoms with Gasteiger partial charge in [0.05, 0.1) is 12.2 Å². The lowest BCUT2D eigenvalue weighted by molar-refractivity contribution is 0.0886. The van der Waals surface area contributed by atoms with Gasteiger partial charge in [0.1, 0.15) is 0 Å². The fourth-order valence-corrected chi connectivity index (χ4v) is 0.780. The Hall–Kier alpha value is -1.59. The molecule has 6 heteroatoms. The van der Waals surface area contributed by atoms with Crippen LogP contribution in [0, 0.1) is 6.92 Å². The number of alkyl halides is 2. The molecule has 0 aliphatic carbocycles. The number of aryl methyl sites for hydroxylation is 1. The molecule has 0 aliphatic heterocycles. The summed E-state index contributed by atoms with van der Waals surface area (Å²) in [6, 6.07) is 3.02. The van der Waals surface area contributed by atoms with Crippen LogP contribution in [-0.4, -0.2) is 29.1 Å². The second kappa shape index (κ2) is 4.59. The van der Waals surface area contributed by atoms with E-state index in [1.54, 1.807) is 13.0 Å². The van der Waals surface area contributed by atoms with E-state index in [9.17, 15) is 13.6 Å². The molecule has 76 valence electrons. The molecular weight excluding hydrogens is 192 g/mol. The minimum atomic E-state index is -2.56. The number of nitrogens with one attached hydrogen (secondary N) is 1. The van der Waals surface area contributed by atoms with Gasteiger partial charge in [0.2, 0.25) is 0 Å². The Morgan fingerprint density at radius 3 is 2.71 bits per heavy atom. The quantitative estimate of drug-likeness (QED) is 0.786. The lowest BCUT2D eigenvalue weighted by atomic mass is 10.3. The summed E-state index contributed by atoms with van der Waals surface area (Å²) in [5.41, 5.74) is 0.701. The van der Waals surface area contributed by atoms with Gasteiger partial charge in [-0.25, -0.2) is 8.78 Å². The Kier molecular flexibility index (Phi) is 3.44. The first-order chi connectivity index (χ1) is 6.59. The molecule has 0 saturated heterocycles. The Morgan fingerprint density at radius 1 is 1.50 bits per heavy atom. The number of carbonyl (C=O) groups is 1. The molecule has 0 fully saturated rings. The molecule has 0 aromatic carbocycles. The number of halogens is 2. The Bertz CT molecular complexity index is 313. The highest BCUT2D eigenvalue weighted by atomic mass is 19.3. The SMILES string of the molecule is Cc1ccc(C(=O)NCC(F)F)nn1. The second-order valence-corrected chi connectivity index (χ2v) is 2.66. The maximum absolute atomic E-state index is 11.7. The van der Waals surface area contributed by atoms with Crippen molar-refractivity contribution >= 4 is 5.91 Å². The van der Waals surface area contributed by atoms with Crippen LogP contribution in [0.1, 0.15) is 16.2 Å². The van der Waals surface area contributed by atoms with Crippen LogP contribution in [0.25, 0.3) is 0 Å². The van der Waals surface area contributed by atoms with Crippen LogP contribution in [-0.2, 0) is 0 Å². The van der Waals surface area contributed by atoms with Crippen molar-refractivity contribution in [1.82, 2.24) is 15.5 Å². The summed E-state index contributed by atoms with van der Waals surface area (Å²) in [5, 5.41) is 9.20. The van der Waals surface area contributed by atoms with Gasteiger partial charge in [-0.2, -0.15) is 5.10 Å². The number of hydrogen-bond donors (Lipinski definition) is 1. The Balaban J connectivity index is 2.57. The van der Waals surface area contributed by atoms with E-state index in [1.165, 1.54) is 6.07 Å². The number of hydrogen-bond acceptors (Lipinski definition) is 3. The molecule has 0 aliphatic rings. The first kappa shape index (κ1) is 10.5.